The summed E-state index contributed by atoms with van der Waals surface area (Å²) in [5, 5.41) is 16.2. The fourth-order valence-electron chi connectivity index (χ4n) is 2.20. The van der Waals surface area contributed by atoms with Gasteiger partial charge in [-0.25, -0.2) is 0 Å². The minimum atomic E-state index is -0.536. The van der Waals surface area contributed by atoms with E-state index in [1.165, 1.54) is 0 Å². The number of aliphatic hydroxyl groups excluding tert-OH is 1. The van der Waals surface area contributed by atoms with Gasteiger partial charge >= 0.3 is 0 Å². The molecule has 0 fully saturated rings. The van der Waals surface area contributed by atoms with E-state index in [9.17, 15) is 5.11 Å². The van der Waals surface area contributed by atoms with Gasteiger partial charge in [0, 0.05) is 6.54 Å². The monoisotopic (exact) mass is 315 g/mol. The Morgan fingerprint density at radius 1 is 1.23 bits per heavy atom. The first kappa shape index (κ1) is 14.9. The molecule has 3 aromatic rings. The second-order valence-electron chi connectivity index (χ2n) is 5.11. The van der Waals surface area contributed by atoms with Crippen molar-refractivity contribution in [3.05, 3.63) is 59.3 Å². The lowest BCUT2D eigenvalue weighted by atomic mass is 10.1. The summed E-state index contributed by atoms with van der Waals surface area (Å²) in [5.41, 5.74) is 0.902. The van der Waals surface area contributed by atoms with E-state index in [-0.39, 0.29) is 0 Å². The molecule has 0 saturated heterocycles. The van der Waals surface area contributed by atoms with Crippen molar-refractivity contribution >= 4 is 11.3 Å². The van der Waals surface area contributed by atoms with Crippen molar-refractivity contribution in [1.82, 2.24) is 15.0 Å². The molecule has 2 heterocycles. The van der Waals surface area contributed by atoms with Crippen LogP contribution in [0.25, 0.3) is 10.7 Å². The smallest absolute Gasteiger partial charge is 0.241 e. The Bertz CT molecular complexity index is 697. The van der Waals surface area contributed by atoms with Gasteiger partial charge in [-0.2, -0.15) is 4.98 Å². The molecule has 0 radical (unpaired) electrons. The predicted molar refractivity (Wildman–Crippen MR) is 85.3 cm³/mol. The van der Waals surface area contributed by atoms with E-state index in [0.29, 0.717) is 24.8 Å². The molecular formula is C16H17N3O2S. The number of aromatic nitrogens is 2. The molecule has 0 saturated carbocycles. The number of likely N-dealkylation sites (N-methyl/N-ethyl adjacent to an activating group) is 1. The molecule has 0 aliphatic rings. The highest BCUT2D eigenvalue weighted by Crippen LogP contribution is 2.21. The fraction of sp³-hybridized carbons (Fsp3) is 0.250. The number of aliphatic hydroxyl groups is 1. The van der Waals surface area contributed by atoms with Gasteiger partial charge in [0.1, 0.15) is 0 Å². The quantitative estimate of drug-likeness (QED) is 0.758. The highest BCUT2D eigenvalue weighted by molar-refractivity contribution is 7.13. The minimum absolute atomic E-state index is 0.501. The van der Waals surface area contributed by atoms with Crippen LogP contribution in [-0.4, -0.2) is 33.7 Å². The number of thiophene rings is 1. The van der Waals surface area contributed by atoms with Crippen LogP contribution < -0.4 is 0 Å². The predicted octanol–water partition coefficient (Wildman–Crippen LogP) is 2.96. The zero-order valence-electron chi connectivity index (χ0n) is 12.2. The summed E-state index contributed by atoms with van der Waals surface area (Å²) in [6, 6.07) is 13.5. The first-order chi connectivity index (χ1) is 10.7. The second kappa shape index (κ2) is 6.83. The summed E-state index contributed by atoms with van der Waals surface area (Å²) in [5.74, 6) is 1.16. The molecular weight excluding hydrogens is 298 g/mol. The topological polar surface area (TPSA) is 62.4 Å². The van der Waals surface area contributed by atoms with Crippen LogP contribution in [0.1, 0.15) is 17.6 Å². The van der Waals surface area contributed by atoms with Crippen molar-refractivity contribution in [3.8, 4) is 10.7 Å². The third-order valence-electron chi connectivity index (χ3n) is 3.28. The maximum Gasteiger partial charge on any atom is 0.241 e. The van der Waals surface area contributed by atoms with Gasteiger partial charge in [0.25, 0.3) is 0 Å². The van der Waals surface area contributed by atoms with Crippen LogP contribution in [0.15, 0.2) is 52.4 Å². The maximum absolute atomic E-state index is 10.2. The molecule has 0 bridgehead atoms. The number of rotatable bonds is 6. The van der Waals surface area contributed by atoms with E-state index in [1.54, 1.807) is 11.3 Å². The van der Waals surface area contributed by atoms with Crippen molar-refractivity contribution < 1.29 is 9.63 Å². The largest absolute Gasteiger partial charge is 0.387 e. The van der Waals surface area contributed by atoms with Crippen molar-refractivity contribution in [2.45, 2.75) is 12.6 Å². The standard InChI is InChI=1S/C16H17N3O2S/c1-19(10-13(20)12-6-3-2-4-7-12)11-15-17-16(18-21-15)14-8-5-9-22-14/h2-9,13,20H,10-11H2,1H3/t13-/m1/s1. The number of nitrogens with zero attached hydrogens (tertiary/aromatic N) is 3. The second-order valence-corrected chi connectivity index (χ2v) is 6.06. The highest BCUT2D eigenvalue weighted by Gasteiger charge is 2.14. The lowest BCUT2D eigenvalue weighted by Gasteiger charge is -2.18. The first-order valence-electron chi connectivity index (χ1n) is 7.00. The van der Waals surface area contributed by atoms with Crippen LogP contribution in [0, 0.1) is 0 Å². The molecule has 5 nitrogen and oxygen atoms in total. The minimum Gasteiger partial charge on any atom is -0.387 e. The van der Waals surface area contributed by atoms with E-state index >= 15 is 0 Å². The number of hydrogen-bond donors (Lipinski definition) is 1. The van der Waals surface area contributed by atoms with Gasteiger partial charge in [-0.15, -0.1) is 11.3 Å². The molecule has 0 amide bonds. The molecule has 6 heteroatoms. The van der Waals surface area contributed by atoms with Gasteiger partial charge in [0.15, 0.2) is 0 Å². The van der Waals surface area contributed by atoms with Crippen molar-refractivity contribution in [3.63, 3.8) is 0 Å². The molecule has 22 heavy (non-hydrogen) atoms. The van der Waals surface area contributed by atoms with Gasteiger partial charge in [0.2, 0.25) is 11.7 Å². The van der Waals surface area contributed by atoms with Gasteiger partial charge in [0.05, 0.1) is 17.5 Å². The van der Waals surface area contributed by atoms with E-state index in [1.807, 2.05) is 59.8 Å². The summed E-state index contributed by atoms with van der Waals surface area (Å²) in [7, 11) is 1.92. The van der Waals surface area contributed by atoms with Gasteiger partial charge in [-0.1, -0.05) is 41.6 Å². The van der Waals surface area contributed by atoms with E-state index in [0.717, 1.165) is 10.4 Å². The van der Waals surface area contributed by atoms with Crippen molar-refractivity contribution in [1.29, 1.82) is 0 Å². The van der Waals surface area contributed by atoms with Crippen LogP contribution in [0.5, 0.6) is 0 Å². The van der Waals surface area contributed by atoms with Gasteiger partial charge in [-0.05, 0) is 24.1 Å². The Balaban J connectivity index is 1.59. The Kier molecular flexibility index (Phi) is 4.62. The SMILES string of the molecule is CN(Cc1nc(-c2cccs2)no1)C[C@@H](O)c1ccccc1. The zero-order valence-corrected chi connectivity index (χ0v) is 13.0. The van der Waals surface area contributed by atoms with E-state index in [4.69, 9.17) is 4.52 Å². The summed E-state index contributed by atoms with van der Waals surface area (Å²) in [6.07, 6.45) is -0.536. The van der Waals surface area contributed by atoms with Crippen LogP contribution in [0.4, 0.5) is 0 Å². The van der Waals surface area contributed by atoms with E-state index in [2.05, 4.69) is 10.1 Å². The average Bonchev–Trinajstić information content (AvgIpc) is 3.19. The summed E-state index contributed by atoms with van der Waals surface area (Å²) in [4.78, 5) is 7.33. The molecule has 1 N–H and O–H groups in total. The molecule has 114 valence electrons. The van der Waals surface area contributed by atoms with Crippen LogP contribution >= 0.6 is 11.3 Å². The third kappa shape index (κ3) is 3.59. The van der Waals surface area contributed by atoms with Crippen molar-refractivity contribution in [2.75, 3.05) is 13.6 Å². The van der Waals surface area contributed by atoms with Gasteiger partial charge < -0.3 is 9.63 Å². The lowest BCUT2D eigenvalue weighted by molar-refractivity contribution is 0.118. The molecule has 0 spiro atoms. The zero-order chi connectivity index (χ0) is 15.4. The molecule has 1 atom stereocenters. The normalized spacial score (nSPS) is 12.7. The van der Waals surface area contributed by atoms with E-state index < -0.39 is 6.10 Å². The first-order valence-corrected chi connectivity index (χ1v) is 7.88. The maximum atomic E-state index is 10.2. The molecule has 0 aliphatic heterocycles. The third-order valence-corrected chi connectivity index (χ3v) is 4.15. The van der Waals surface area contributed by atoms with Crippen LogP contribution in [-0.2, 0) is 6.54 Å². The molecule has 1 aromatic carbocycles. The highest BCUT2D eigenvalue weighted by atomic mass is 32.1. The number of hydrogen-bond acceptors (Lipinski definition) is 6. The lowest BCUT2D eigenvalue weighted by Crippen LogP contribution is -2.24. The molecule has 0 aliphatic carbocycles. The molecule has 3 rings (SSSR count). The Morgan fingerprint density at radius 2 is 2.05 bits per heavy atom. The van der Waals surface area contributed by atoms with Crippen molar-refractivity contribution in [2.24, 2.45) is 0 Å². The van der Waals surface area contributed by atoms with Crippen LogP contribution in [0.3, 0.4) is 0 Å². The molecule has 2 aromatic heterocycles. The van der Waals surface area contributed by atoms with Gasteiger partial charge in [-0.3, -0.25) is 4.90 Å². The Hall–Kier alpha value is -2.02. The number of benzene rings is 1. The van der Waals surface area contributed by atoms with Crippen LogP contribution in [0.2, 0.25) is 0 Å². The average molecular weight is 315 g/mol. The summed E-state index contributed by atoms with van der Waals surface area (Å²) >= 11 is 1.58. The summed E-state index contributed by atoms with van der Waals surface area (Å²) < 4.78 is 5.27. The summed E-state index contributed by atoms with van der Waals surface area (Å²) in [6.45, 7) is 1.00. The fourth-order valence-corrected chi connectivity index (χ4v) is 2.85. The Labute approximate surface area is 132 Å². The molecule has 0 unspecified atom stereocenters. The Morgan fingerprint density at radius 3 is 2.77 bits per heavy atom.